The smallest absolute Gasteiger partial charge is 0.250 e. The van der Waals surface area contributed by atoms with Crippen molar-refractivity contribution in [1.82, 2.24) is 14.9 Å². The topological polar surface area (TPSA) is 78.5 Å². The number of likely N-dealkylation sites (N-methyl/N-ethyl adjacent to an activating group) is 1. The number of likely N-dealkylation sites (tertiary alicyclic amines) is 1. The first kappa shape index (κ1) is 16.4. The molecule has 1 aromatic heterocycles. The number of sulfonamides is 1. The lowest BCUT2D eigenvalue weighted by Gasteiger charge is -2.34. The maximum Gasteiger partial charge on any atom is 0.250 e. The second-order valence-corrected chi connectivity index (χ2v) is 8.08. The average Bonchev–Trinajstić information content (AvgIpc) is 3.01. The minimum atomic E-state index is -3.61. The van der Waals surface area contributed by atoms with Crippen LogP contribution in [-0.2, 0) is 14.8 Å². The highest BCUT2D eigenvalue weighted by Crippen LogP contribution is 2.17. The Bertz CT molecular complexity index is 571. The van der Waals surface area contributed by atoms with Crippen molar-refractivity contribution < 1.29 is 13.2 Å². The van der Waals surface area contributed by atoms with E-state index in [2.05, 4.69) is 10.0 Å². The molecule has 2 atom stereocenters. The Morgan fingerprint density at radius 1 is 1.52 bits per heavy atom. The third-order valence-corrected chi connectivity index (χ3v) is 6.54. The van der Waals surface area contributed by atoms with Crippen LogP contribution >= 0.6 is 11.3 Å². The van der Waals surface area contributed by atoms with Gasteiger partial charge in [-0.2, -0.15) is 4.72 Å². The summed E-state index contributed by atoms with van der Waals surface area (Å²) in [6.07, 6.45) is 1.97. The van der Waals surface area contributed by atoms with Gasteiger partial charge in [0.25, 0.3) is 10.0 Å². The Morgan fingerprint density at radius 2 is 2.29 bits per heavy atom. The van der Waals surface area contributed by atoms with E-state index < -0.39 is 16.1 Å². The van der Waals surface area contributed by atoms with E-state index in [0.29, 0.717) is 13.1 Å². The van der Waals surface area contributed by atoms with Crippen LogP contribution in [0.25, 0.3) is 0 Å². The van der Waals surface area contributed by atoms with Crippen LogP contribution in [0.4, 0.5) is 0 Å². The minimum absolute atomic E-state index is 0.171. The molecule has 1 saturated heterocycles. The molecule has 1 aliphatic rings. The number of nitrogens with one attached hydrogen (secondary N) is 2. The van der Waals surface area contributed by atoms with Crippen molar-refractivity contribution in [2.45, 2.75) is 36.1 Å². The maximum atomic E-state index is 12.4. The molecule has 21 heavy (non-hydrogen) atoms. The van der Waals surface area contributed by atoms with Crippen molar-refractivity contribution >= 4 is 27.3 Å². The molecule has 2 N–H and O–H groups in total. The molecular formula is C13H21N3O3S2. The van der Waals surface area contributed by atoms with E-state index in [1.165, 1.54) is 6.07 Å². The van der Waals surface area contributed by atoms with Gasteiger partial charge in [0.1, 0.15) is 4.21 Å². The van der Waals surface area contributed by atoms with Crippen molar-refractivity contribution in [3.05, 3.63) is 17.5 Å². The summed E-state index contributed by atoms with van der Waals surface area (Å²) >= 11 is 1.14. The van der Waals surface area contributed by atoms with Crippen molar-refractivity contribution in [3.8, 4) is 0 Å². The highest BCUT2D eigenvalue weighted by Gasteiger charge is 2.29. The molecule has 0 aliphatic carbocycles. The highest BCUT2D eigenvalue weighted by molar-refractivity contribution is 7.91. The zero-order chi connectivity index (χ0) is 15.5. The Hall–Kier alpha value is -0.960. The first-order valence-corrected chi connectivity index (χ1v) is 9.32. The van der Waals surface area contributed by atoms with Gasteiger partial charge in [0.15, 0.2) is 0 Å². The normalized spacial score (nSPS) is 21.2. The predicted molar refractivity (Wildman–Crippen MR) is 82.8 cm³/mol. The van der Waals surface area contributed by atoms with Crippen LogP contribution in [0.2, 0.25) is 0 Å². The molecule has 6 nitrogen and oxygen atoms in total. The molecule has 0 aromatic carbocycles. The molecule has 0 radical (unpaired) electrons. The van der Waals surface area contributed by atoms with Crippen LogP contribution in [0.5, 0.6) is 0 Å². The largest absolute Gasteiger partial charge is 0.340 e. The summed E-state index contributed by atoms with van der Waals surface area (Å²) in [5, 5.41) is 4.87. The fourth-order valence-corrected chi connectivity index (χ4v) is 4.65. The lowest BCUT2D eigenvalue weighted by molar-refractivity contribution is -0.133. The van der Waals surface area contributed by atoms with E-state index in [0.717, 1.165) is 24.2 Å². The van der Waals surface area contributed by atoms with Gasteiger partial charge in [0, 0.05) is 19.1 Å². The molecule has 0 spiro atoms. The number of piperidine rings is 1. The second kappa shape index (κ2) is 6.87. The fraction of sp³-hybridized carbons (Fsp3) is 0.615. The number of rotatable bonds is 5. The van der Waals surface area contributed by atoms with Gasteiger partial charge in [-0.3, -0.25) is 4.79 Å². The zero-order valence-corrected chi connectivity index (χ0v) is 13.8. The van der Waals surface area contributed by atoms with Crippen molar-refractivity contribution in [1.29, 1.82) is 0 Å². The number of amides is 1. The average molecular weight is 331 g/mol. The summed E-state index contributed by atoms with van der Waals surface area (Å²) in [6.45, 7) is 2.90. The fourth-order valence-electron chi connectivity index (χ4n) is 2.44. The Morgan fingerprint density at radius 3 is 2.90 bits per heavy atom. The van der Waals surface area contributed by atoms with Crippen molar-refractivity contribution in [2.75, 3.05) is 20.1 Å². The monoisotopic (exact) mass is 331 g/mol. The van der Waals surface area contributed by atoms with Crippen LogP contribution in [0, 0.1) is 0 Å². The quantitative estimate of drug-likeness (QED) is 0.829. The summed E-state index contributed by atoms with van der Waals surface area (Å²) in [4.78, 5) is 14.1. The minimum Gasteiger partial charge on any atom is -0.340 e. The molecule has 2 unspecified atom stereocenters. The molecule has 1 amide bonds. The van der Waals surface area contributed by atoms with Crippen LogP contribution < -0.4 is 10.0 Å². The lowest BCUT2D eigenvalue weighted by Crippen LogP contribution is -2.53. The first-order chi connectivity index (χ1) is 9.94. The predicted octanol–water partition coefficient (Wildman–Crippen LogP) is 0.625. The maximum absolute atomic E-state index is 12.4. The highest BCUT2D eigenvalue weighted by atomic mass is 32.2. The Balaban J connectivity index is 1.99. The molecule has 2 rings (SSSR count). The molecule has 1 aliphatic heterocycles. The van der Waals surface area contributed by atoms with Gasteiger partial charge in [0.05, 0.1) is 6.04 Å². The van der Waals surface area contributed by atoms with Crippen LogP contribution in [0.3, 0.4) is 0 Å². The summed E-state index contributed by atoms with van der Waals surface area (Å²) < 4.78 is 26.9. The molecular weight excluding hydrogens is 310 g/mol. The van der Waals surface area contributed by atoms with Gasteiger partial charge in [-0.15, -0.1) is 11.3 Å². The Kier molecular flexibility index (Phi) is 5.37. The number of carbonyl (C=O) groups excluding carboxylic acids is 1. The van der Waals surface area contributed by atoms with Gasteiger partial charge in [-0.25, -0.2) is 8.42 Å². The molecule has 118 valence electrons. The van der Waals surface area contributed by atoms with Gasteiger partial charge in [-0.05, 0) is 38.3 Å². The number of nitrogens with zero attached hydrogens (tertiary/aromatic N) is 1. The first-order valence-electron chi connectivity index (χ1n) is 6.96. The molecule has 0 bridgehead atoms. The molecule has 2 heterocycles. The van der Waals surface area contributed by atoms with Crippen LogP contribution in [0.1, 0.15) is 19.8 Å². The van der Waals surface area contributed by atoms with E-state index >= 15 is 0 Å². The van der Waals surface area contributed by atoms with E-state index in [9.17, 15) is 13.2 Å². The third-order valence-electron chi connectivity index (χ3n) is 3.60. The van der Waals surface area contributed by atoms with Crippen molar-refractivity contribution in [3.63, 3.8) is 0 Å². The number of hydrogen-bond donors (Lipinski definition) is 2. The standard InChI is InChI=1S/C13H21N3O3S2/c1-10(15-21(18,19)12-6-4-8-20-12)13(17)16-7-3-5-11(9-16)14-2/h4,6,8,10-11,14-15H,3,5,7,9H2,1-2H3. The third kappa shape index (κ3) is 4.03. The summed E-state index contributed by atoms with van der Waals surface area (Å²) in [5.74, 6) is -0.171. The van der Waals surface area contributed by atoms with Gasteiger partial charge < -0.3 is 10.2 Å². The molecule has 1 aromatic rings. The van der Waals surface area contributed by atoms with Gasteiger partial charge in [0.2, 0.25) is 5.91 Å². The number of hydrogen-bond acceptors (Lipinski definition) is 5. The van der Waals surface area contributed by atoms with E-state index in [-0.39, 0.29) is 16.2 Å². The van der Waals surface area contributed by atoms with Crippen LogP contribution in [-0.4, -0.2) is 51.4 Å². The van der Waals surface area contributed by atoms with E-state index in [4.69, 9.17) is 0 Å². The summed E-state index contributed by atoms with van der Waals surface area (Å²) in [6, 6.07) is 2.73. The molecule has 8 heteroatoms. The van der Waals surface area contributed by atoms with Gasteiger partial charge >= 0.3 is 0 Å². The number of thiophene rings is 1. The second-order valence-electron chi connectivity index (χ2n) is 5.19. The summed E-state index contributed by atoms with van der Waals surface area (Å²) in [5.41, 5.74) is 0. The SMILES string of the molecule is CNC1CCCN(C(=O)C(C)NS(=O)(=O)c2cccs2)C1. The van der Waals surface area contributed by atoms with Crippen molar-refractivity contribution in [2.24, 2.45) is 0 Å². The number of carbonyl (C=O) groups is 1. The van der Waals surface area contributed by atoms with Crippen LogP contribution in [0.15, 0.2) is 21.7 Å². The Labute approximate surface area is 129 Å². The summed E-state index contributed by atoms with van der Waals surface area (Å²) in [7, 11) is -1.74. The van der Waals surface area contributed by atoms with E-state index in [1.54, 1.807) is 23.3 Å². The van der Waals surface area contributed by atoms with Gasteiger partial charge in [-0.1, -0.05) is 6.07 Å². The molecule has 1 fully saturated rings. The lowest BCUT2D eigenvalue weighted by atomic mass is 10.1. The molecule has 0 saturated carbocycles. The zero-order valence-electron chi connectivity index (χ0n) is 12.2. The van der Waals surface area contributed by atoms with E-state index in [1.807, 2.05) is 7.05 Å².